The predicted octanol–water partition coefficient (Wildman–Crippen LogP) is 3.95. The number of ether oxygens (including phenoxy) is 1. The third-order valence-corrected chi connectivity index (χ3v) is 5.74. The fraction of sp³-hybridized carbons (Fsp3) is 0.250. The van der Waals surface area contributed by atoms with Crippen LogP contribution in [0.1, 0.15) is 17.5 Å². The first-order chi connectivity index (χ1) is 14.4. The van der Waals surface area contributed by atoms with Gasteiger partial charge in [0, 0.05) is 31.2 Å². The second-order valence-electron chi connectivity index (χ2n) is 6.91. The SMILES string of the molecule is CC(Oc1ccccc1S(=O)(=O)NC(=O)c1cc2ccc(N(C)C)cc2o1)C(F)(F)F. The summed E-state index contributed by atoms with van der Waals surface area (Å²) in [6.07, 6.45) is -6.94. The Morgan fingerprint density at radius 1 is 1.13 bits per heavy atom. The summed E-state index contributed by atoms with van der Waals surface area (Å²) < 4.78 is 75.9. The Labute approximate surface area is 176 Å². The molecule has 0 bridgehead atoms. The summed E-state index contributed by atoms with van der Waals surface area (Å²) >= 11 is 0. The maximum atomic E-state index is 12.8. The summed E-state index contributed by atoms with van der Waals surface area (Å²) in [5.74, 6) is -1.87. The number of halogens is 3. The molecule has 7 nitrogen and oxygen atoms in total. The first-order valence-electron chi connectivity index (χ1n) is 8.99. The van der Waals surface area contributed by atoms with Gasteiger partial charge in [-0.3, -0.25) is 4.79 Å². The fourth-order valence-electron chi connectivity index (χ4n) is 2.66. The van der Waals surface area contributed by atoms with Crippen molar-refractivity contribution in [3.8, 4) is 5.75 Å². The van der Waals surface area contributed by atoms with Crippen LogP contribution in [0.3, 0.4) is 0 Å². The number of hydrogen-bond acceptors (Lipinski definition) is 6. The van der Waals surface area contributed by atoms with Gasteiger partial charge in [-0.25, -0.2) is 13.1 Å². The van der Waals surface area contributed by atoms with Crippen molar-refractivity contribution in [2.45, 2.75) is 24.1 Å². The van der Waals surface area contributed by atoms with Gasteiger partial charge in [0.2, 0.25) is 0 Å². The Kier molecular flexibility index (Phi) is 5.90. The number of carbonyl (C=O) groups is 1. The van der Waals surface area contributed by atoms with Crippen molar-refractivity contribution in [1.29, 1.82) is 0 Å². The van der Waals surface area contributed by atoms with Gasteiger partial charge in [-0.2, -0.15) is 13.2 Å². The molecule has 0 fully saturated rings. The summed E-state index contributed by atoms with van der Waals surface area (Å²) in [5, 5.41) is 0.580. The molecule has 0 aliphatic heterocycles. The number of hydrogen-bond donors (Lipinski definition) is 1. The number of alkyl halides is 3. The molecule has 11 heteroatoms. The van der Waals surface area contributed by atoms with Crippen molar-refractivity contribution in [2.75, 3.05) is 19.0 Å². The topological polar surface area (TPSA) is 88.8 Å². The molecule has 0 radical (unpaired) electrons. The normalized spacial score (nSPS) is 13.1. The molecule has 0 saturated carbocycles. The highest BCUT2D eigenvalue weighted by molar-refractivity contribution is 7.90. The molecular formula is C20H19F3N2O5S. The first-order valence-corrected chi connectivity index (χ1v) is 10.5. The largest absolute Gasteiger partial charge is 0.480 e. The molecule has 0 spiro atoms. The second kappa shape index (κ2) is 8.14. The van der Waals surface area contributed by atoms with Crippen molar-refractivity contribution < 1.29 is 35.5 Å². The number of nitrogens with one attached hydrogen (secondary N) is 1. The molecule has 3 aromatic rings. The number of sulfonamides is 1. The van der Waals surface area contributed by atoms with Crippen LogP contribution in [0.15, 0.2) is 57.8 Å². The maximum absolute atomic E-state index is 12.8. The van der Waals surface area contributed by atoms with Crippen molar-refractivity contribution in [3.63, 3.8) is 0 Å². The lowest BCUT2D eigenvalue weighted by Crippen LogP contribution is -2.33. The number of rotatable bonds is 6. The van der Waals surface area contributed by atoms with Crippen molar-refractivity contribution >= 4 is 32.6 Å². The highest BCUT2D eigenvalue weighted by atomic mass is 32.2. The lowest BCUT2D eigenvalue weighted by Gasteiger charge is -2.19. The zero-order chi connectivity index (χ0) is 23.0. The van der Waals surface area contributed by atoms with Crippen LogP contribution in [-0.4, -0.2) is 40.7 Å². The highest BCUT2D eigenvalue weighted by Crippen LogP contribution is 2.30. The van der Waals surface area contributed by atoms with E-state index in [9.17, 15) is 26.4 Å². The van der Waals surface area contributed by atoms with E-state index in [1.807, 2.05) is 23.7 Å². The van der Waals surface area contributed by atoms with Gasteiger partial charge < -0.3 is 14.1 Å². The lowest BCUT2D eigenvalue weighted by atomic mass is 10.2. The predicted molar refractivity (Wildman–Crippen MR) is 108 cm³/mol. The number of fused-ring (bicyclic) bond motifs is 1. The van der Waals surface area contributed by atoms with Crippen LogP contribution in [0.25, 0.3) is 11.0 Å². The molecule has 0 aliphatic rings. The van der Waals surface area contributed by atoms with Gasteiger partial charge in [0.1, 0.15) is 16.2 Å². The molecule has 1 atom stereocenters. The maximum Gasteiger partial charge on any atom is 0.425 e. The van der Waals surface area contributed by atoms with Crippen LogP contribution in [0.2, 0.25) is 0 Å². The third-order valence-electron chi connectivity index (χ3n) is 4.37. The average molecular weight is 456 g/mol. The van der Waals surface area contributed by atoms with E-state index in [1.54, 1.807) is 18.2 Å². The van der Waals surface area contributed by atoms with Crippen LogP contribution < -0.4 is 14.4 Å². The zero-order valence-electron chi connectivity index (χ0n) is 16.7. The van der Waals surface area contributed by atoms with Gasteiger partial charge in [-0.05, 0) is 37.3 Å². The van der Waals surface area contributed by atoms with E-state index in [1.165, 1.54) is 18.2 Å². The van der Waals surface area contributed by atoms with E-state index in [2.05, 4.69) is 0 Å². The summed E-state index contributed by atoms with van der Waals surface area (Å²) in [4.78, 5) is 13.7. The molecule has 1 heterocycles. The number of carbonyl (C=O) groups excluding carboxylic acids is 1. The van der Waals surface area contributed by atoms with Crippen LogP contribution >= 0.6 is 0 Å². The minimum Gasteiger partial charge on any atom is -0.480 e. The van der Waals surface area contributed by atoms with Gasteiger partial charge in [0.05, 0.1) is 0 Å². The molecule has 0 saturated heterocycles. The summed E-state index contributed by atoms with van der Waals surface area (Å²) in [6.45, 7) is 0.748. The van der Waals surface area contributed by atoms with Crippen molar-refractivity contribution in [3.05, 3.63) is 54.3 Å². The van der Waals surface area contributed by atoms with Gasteiger partial charge in [-0.1, -0.05) is 12.1 Å². The van der Waals surface area contributed by atoms with E-state index < -0.39 is 38.9 Å². The van der Waals surface area contributed by atoms with Crippen LogP contribution in [-0.2, 0) is 10.0 Å². The molecule has 1 unspecified atom stereocenters. The summed E-state index contributed by atoms with van der Waals surface area (Å²) in [7, 11) is -0.903. The van der Waals surface area contributed by atoms with E-state index in [4.69, 9.17) is 9.15 Å². The quantitative estimate of drug-likeness (QED) is 0.604. The number of furan rings is 1. The van der Waals surface area contributed by atoms with Crippen LogP contribution in [0.4, 0.5) is 18.9 Å². The molecule has 166 valence electrons. The van der Waals surface area contributed by atoms with E-state index in [0.29, 0.717) is 11.0 Å². The minimum absolute atomic E-state index is 0.267. The number of para-hydroxylation sites is 1. The molecule has 1 aromatic heterocycles. The summed E-state index contributed by atoms with van der Waals surface area (Å²) in [5.41, 5.74) is 1.18. The third kappa shape index (κ3) is 4.93. The zero-order valence-corrected chi connectivity index (χ0v) is 17.5. The Hall–Kier alpha value is -3.21. The van der Waals surface area contributed by atoms with Gasteiger partial charge in [-0.15, -0.1) is 0 Å². The molecule has 31 heavy (non-hydrogen) atoms. The van der Waals surface area contributed by atoms with E-state index in [-0.39, 0.29) is 5.76 Å². The number of benzene rings is 2. The monoisotopic (exact) mass is 456 g/mol. The highest BCUT2D eigenvalue weighted by Gasteiger charge is 2.39. The first kappa shape index (κ1) is 22.5. The van der Waals surface area contributed by atoms with Crippen molar-refractivity contribution in [1.82, 2.24) is 4.72 Å². The summed E-state index contributed by atoms with van der Waals surface area (Å²) in [6, 6.07) is 11.3. The second-order valence-corrected chi connectivity index (χ2v) is 8.56. The molecule has 0 aliphatic carbocycles. The molecular weight excluding hydrogens is 437 g/mol. The van der Waals surface area contributed by atoms with Crippen LogP contribution in [0, 0.1) is 0 Å². The van der Waals surface area contributed by atoms with Gasteiger partial charge in [0.15, 0.2) is 11.9 Å². The lowest BCUT2D eigenvalue weighted by molar-refractivity contribution is -0.189. The van der Waals surface area contributed by atoms with Gasteiger partial charge >= 0.3 is 12.1 Å². The molecule has 1 N–H and O–H groups in total. The smallest absolute Gasteiger partial charge is 0.425 e. The molecule has 2 aromatic carbocycles. The Morgan fingerprint density at radius 2 is 1.81 bits per heavy atom. The van der Waals surface area contributed by atoms with Gasteiger partial charge in [0.25, 0.3) is 10.0 Å². The fourth-order valence-corrected chi connectivity index (χ4v) is 3.76. The molecule has 1 amide bonds. The minimum atomic E-state index is -4.69. The average Bonchev–Trinajstić information content (AvgIpc) is 3.10. The number of anilines is 1. The van der Waals surface area contributed by atoms with Crippen LogP contribution in [0.5, 0.6) is 5.75 Å². The molecule has 3 rings (SSSR count). The number of amides is 1. The van der Waals surface area contributed by atoms with E-state index >= 15 is 0 Å². The number of nitrogens with zero attached hydrogens (tertiary/aromatic N) is 1. The Bertz CT molecular complexity index is 1220. The Balaban J connectivity index is 1.87. The standard InChI is InChI=1S/C20H19F3N2O5S/c1-12(20(21,22)23)29-15-6-4-5-7-18(15)31(27,28)24-19(26)17-10-13-8-9-14(25(2)3)11-16(13)30-17/h4-12H,1-3H3,(H,24,26). The van der Waals surface area contributed by atoms with E-state index in [0.717, 1.165) is 24.7 Å². The Morgan fingerprint density at radius 3 is 2.45 bits per heavy atom. The van der Waals surface area contributed by atoms with Crippen molar-refractivity contribution in [2.24, 2.45) is 0 Å².